The van der Waals surface area contributed by atoms with Crippen molar-refractivity contribution in [1.29, 1.82) is 0 Å². The summed E-state index contributed by atoms with van der Waals surface area (Å²) in [7, 11) is -3.69. The van der Waals surface area contributed by atoms with Crippen LogP contribution in [0.2, 0.25) is 0 Å². The number of nitrogens with one attached hydrogen (secondary N) is 1. The molecule has 1 saturated heterocycles. The van der Waals surface area contributed by atoms with E-state index in [-0.39, 0.29) is 4.90 Å². The van der Waals surface area contributed by atoms with Crippen LogP contribution in [0, 0.1) is 0 Å². The van der Waals surface area contributed by atoms with Crippen LogP contribution in [0.1, 0.15) is 44.6 Å². The van der Waals surface area contributed by atoms with Crippen LogP contribution in [-0.4, -0.2) is 49.4 Å². The lowest BCUT2D eigenvalue weighted by Gasteiger charge is -2.45. The van der Waals surface area contributed by atoms with Crippen molar-refractivity contribution in [2.24, 2.45) is 10.1 Å². The van der Waals surface area contributed by atoms with Crippen molar-refractivity contribution in [1.82, 2.24) is 10.2 Å². The summed E-state index contributed by atoms with van der Waals surface area (Å²) in [6, 6.07) is 6.72. The monoisotopic (exact) mass is 410 g/mol. The number of rotatable bonds is 4. The van der Waals surface area contributed by atoms with Crippen LogP contribution in [0.5, 0.6) is 0 Å². The average molecular weight is 411 g/mol. The molecular weight excluding hydrogens is 380 g/mol. The molecule has 6 nitrogen and oxygen atoms in total. The fraction of sp³-hybridized carbons (Fsp3) is 0.632. The Morgan fingerprint density at radius 2 is 2.11 bits per heavy atom. The SMILES string of the molecule is CCNC(=NCc1cccc(S(N)(=O)=O)c1)N1CCSC2(CCCCC2)C1. The molecule has 1 saturated carbocycles. The maximum Gasteiger partial charge on any atom is 0.238 e. The largest absolute Gasteiger partial charge is 0.357 e. The van der Waals surface area contributed by atoms with Crippen LogP contribution >= 0.6 is 11.8 Å². The molecule has 1 aliphatic heterocycles. The highest BCUT2D eigenvalue weighted by Crippen LogP contribution is 2.42. The Labute approximate surface area is 167 Å². The van der Waals surface area contributed by atoms with Gasteiger partial charge in [-0.05, 0) is 37.5 Å². The van der Waals surface area contributed by atoms with Gasteiger partial charge in [-0.1, -0.05) is 31.4 Å². The molecule has 1 spiro atoms. The topological polar surface area (TPSA) is 87.8 Å². The summed E-state index contributed by atoms with van der Waals surface area (Å²) < 4.78 is 23.5. The standard InChI is InChI=1S/C19H30N4O2S2/c1-2-21-18(22-14-16-7-6-8-17(13-16)27(20,24)25)23-11-12-26-19(15-23)9-4-3-5-10-19/h6-8,13H,2-5,9-12,14-15H2,1H3,(H,21,22)(H2,20,24,25). The number of hydrogen-bond acceptors (Lipinski definition) is 4. The van der Waals surface area contributed by atoms with Gasteiger partial charge >= 0.3 is 0 Å². The summed E-state index contributed by atoms with van der Waals surface area (Å²) in [4.78, 5) is 7.31. The van der Waals surface area contributed by atoms with Crippen molar-refractivity contribution in [2.45, 2.75) is 55.2 Å². The maximum atomic E-state index is 11.6. The number of guanidine groups is 1. The summed E-state index contributed by atoms with van der Waals surface area (Å²) in [5.41, 5.74) is 0.843. The van der Waals surface area contributed by atoms with Crippen molar-refractivity contribution in [3.8, 4) is 0 Å². The van der Waals surface area contributed by atoms with Crippen molar-refractivity contribution < 1.29 is 8.42 Å². The zero-order valence-corrected chi connectivity index (χ0v) is 17.6. The number of nitrogens with zero attached hydrogens (tertiary/aromatic N) is 2. The molecule has 2 aliphatic rings. The van der Waals surface area contributed by atoms with Crippen molar-refractivity contribution >= 4 is 27.7 Å². The molecule has 1 aliphatic carbocycles. The lowest BCUT2D eigenvalue weighted by molar-refractivity contribution is 0.293. The lowest BCUT2D eigenvalue weighted by Crippen LogP contribution is -2.53. The highest BCUT2D eigenvalue weighted by molar-refractivity contribution is 8.00. The number of benzene rings is 1. The van der Waals surface area contributed by atoms with Crippen LogP contribution in [0.4, 0.5) is 0 Å². The molecule has 0 atom stereocenters. The molecule has 1 heterocycles. The van der Waals surface area contributed by atoms with Gasteiger partial charge in [-0.25, -0.2) is 18.5 Å². The first-order valence-corrected chi connectivity index (χ1v) is 12.2. The van der Waals surface area contributed by atoms with E-state index in [1.165, 1.54) is 38.2 Å². The van der Waals surface area contributed by atoms with Crippen LogP contribution in [-0.2, 0) is 16.6 Å². The molecule has 0 amide bonds. The van der Waals surface area contributed by atoms with Gasteiger partial charge in [0.15, 0.2) is 5.96 Å². The fourth-order valence-electron chi connectivity index (χ4n) is 3.94. The second kappa shape index (κ2) is 8.84. The number of nitrogens with two attached hydrogens (primary N) is 1. The van der Waals surface area contributed by atoms with Crippen LogP contribution < -0.4 is 10.5 Å². The number of sulfonamides is 1. The second-order valence-corrected chi connectivity index (χ2v) is 10.5. The minimum absolute atomic E-state index is 0.135. The number of hydrogen-bond donors (Lipinski definition) is 2. The highest BCUT2D eigenvalue weighted by atomic mass is 32.2. The van der Waals surface area contributed by atoms with E-state index in [0.29, 0.717) is 11.3 Å². The van der Waals surface area contributed by atoms with E-state index in [0.717, 1.165) is 36.9 Å². The number of primary sulfonamides is 1. The van der Waals surface area contributed by atoms with E-state index in [4.69, 9.17) is 10.1 Å². The van der Waals surface area contributed by atoms with Crippen LogP contribution in [0.25, 0.3) is 0 Å². The Morgan fingerprint density at radius 1 is 1.33 bits per heavy atom. The minimum atomic E-state index is -3.69. The van der Waals surface area contributed by atoms with Crippen molar-refractivity contribution in [2.75, 3.05) is 25.4 Å². The van der Waals surface area contributed by atoms with Gasteiger partial charge in [-0.15, -0.1) is 0 Å². The summed E-state index contributed by atoms with van der Waals surface area (Å²) in [5, 5.41) is 8.65. The molecule has 0 aromatic heterocycles. The predicted molar refractivity (Wildman–Crippen MR) is 112 cm³/mol. The molecule has 0 radical (unpaired) electrons. The Morgan fingerprint density at radius 3 is 2.81 bits per heavy atom. The summed E-state index contributed by atoms with van der Waals surface area (Å²) in [5.74, 6) is 2.05. The van der Waals surface area contributed by atoms with Gasteiger partial charge in [0.05, 0.1) is 11.4 Å². The molecule has 0 unspecified atom stereocenters. The molecule has 27 heavy (non-hydrogen) atoms. The van der Waals surface area contributed by atoms with E-state index in [9.17, 15) is 8.42 Å². The smallest absolute Gasteiger partial charge is 0.238 e. The Kier molecular flexibility index (Phi) is 6.70. The highest BCUT2D eigenvalue weighted by Gasteiger charge is 2.38. The zero-order chi connectivity index (χ0) is 19.3. The molecule has 8 heteroatoms. The summed E-state index contributed by atoms with van der Waals surface area (Å²) >= 11 is 2.14. The van der Waals surface area contributed by atoms with Crippen LogP contribution in [0.15, 0.2) is 34.2 Å². The molecule has 150 valence electrons. The van der Waals surface area contributed by atoms with E-state index in [1.807, 2.05) is 6.07 Å². The average Bonchev–Trinajstić information content (AvgIpc) is 2.65. The molecule has 2 fully saturated rings. The quantitative estimate of drug-likeness (QED) is 0.588. The first-order chi connectivity index (χ1) is 12.9. The van der Waals surface area contributed by atoms with Crippen molar-refractivity contribution in [3.63, 3.8) is 0 Å². The predicted octanol–water partition coefficient (Wildman–Crippen LogP) is 2.55. The molecular formula is C19H30N4O2S2. The fourth-order valence-corrected chi connectivity index (χ4v) is 6.09. The Hall–Kier alpha value is -1.25. The third-order valence-corrected chi connectivity index (χ3v) is 7.73. The molecule has 3 rings (SSSR count). The molecule has 0 bridgehead atoms. The minimum Gasteiger partial charge on any atom is -0.357 e. The molecule has 1 aromatic rings. The third kappa shape index (κ3) is 5.39. The lowest BCUT2D eigenvalue weighted by atomic mass is 9.87. The summed E-state index contributed by atoms with van der Waals surface area (Å²) in [6.45, 7) is 5.36. The van der Waals surface area contributed by atoms with E-state index in [2.05, 4.69) is 28.9 Å². The van der Waals surface area contributed by atoms with Gasteiger partial charge in [0.1, 0.15) is 0 Å². The second-order valence-electron chi connectivity index (χ2n) is 7.38. The van der Waals surface area contributed by atoms with Gasteiger partial charge in [-0.2, -0.15) is 11.8 Å². The Bertz CT molecular complexity index is 768. The number of aliphatic imine (C=N–C) groups is 1. The third-order valence-electron chi connectivity index (χ3n) is 5.29. The zero-order valence-electron chi connectivity index (χ0n) is 16.0. The van der Waals surface area contributed by atoms with Crippen molar-refractivity contribution in [3.05, 3.63) is 29.8 Å². The van der Waals surface area contributed by atoms with E-state index >= 15 is 0 Å². The normalized spacial score (nSPS) is 20.7. The molecule has 3 N–H and O–H groups in total. The number of thioether (sulfide) groups is 1. The van der Waals surface area contributed by atoms with E-state index in [1.54, 1.807) is 12.1 Å². The summed E-state index contributed by atoms with van der Waals surface area (Å²) in [6.07, 6.45) is 6.61. The van der Waals surface area contributed by atoms with Gasteiger partial charge < -0.3 is 10.2 Å². The first kappa shape index (κ1) is 20.5. The Balaban J connectivity index is 1.75. The van der Waals surface area contributed by atoms with E-state index < -0.39 is 10.0 Å². The van der Waals surface area contributed by atoms with Gasteiger partial charge in [0, 0.05) is 30.1 Å². The van der Waals surface area contributed by atoms with Crippen LogP contribution in [0.3, 0.4) is 0 Å². The van der Waals surface area contributed by atoms with Gasteiger partial charge in [0.25, 0.3) is 0 Å². The first-order valence-electron chi connectivity index (χ1n) is 9.71. The van der Waals surface area contributed by atoms with Gasteiger partial charge in [0.2, 0.25) is 10.0 Å². The van der Waals surface area contributed by atoms with Gasteiger partial charge in [-0.3, -0.25) is 0 Å². The maximum absolute atomic E-state index is 11.6. The molecule has 1 aromatic carbocycles.